The lowest BCUT2D eigenvalue weighted by Crippen LogP contribution is -2.49. The van der Waals surface area contributed by atoms with E-state index in [4.69, 9.17) is 4.74 Å². The molecule has 2 amide bonds. The number of likely N-dealkylation sites (tertiary alicyclic amines) is 1. The van der Waals surface area contributed by atoms with Gasteiger partial charge in [-0.05, 0) is 13.3 Å². The average Bonchev–Trinajstić information content (AvgIpc) is 2.89. The Hall–Kier alpha value is -2.32. The lowest BCUT2D eigenvalue weighted by molar-refractivity contribution is -0.134. The number of guanidine groups is 1. The first-order chi connectivity index (χ1) is 12.4. The van der Waals surface area contributed by atoms with E-state index in [1.165, 1.54) is 11.8 Å². The number of hydrogen-bond donors (Lipinski definition) is 2. The van der Waals surface area contributed by atoms with Gasteiger partial charge in [0, 0.05) is 53.0 Å². The van der Waals surface area contributed by atoms with Gasteiger partial charge < -0.3 is 20.3 Å². The summed E-state index contributed by atoms with van der Waals surface area (Å²) in [5.74, 6) is 0.760. The van der Waals surface area contributed by atoms with Crippen molar-refractivity contribution in [1.82, 2.24) is 20.4 Å². The molecule has 9 nitrogen and oxygen atoms in total. The fraction of sp³-hybridized carbons (Fsp3) is 0.800. The summed E-state index contributed by atoms with van der Waals surface area (Å²) >= 11 is 0. The molecule has 9 heteroatoms. The minimum Gasteiger partial charge on any atom is -0.441 e. The van der Waals surface area contributed by atoms with E-state index in [0.29, 0.717) is 51.4 Å². The number of aliphatic imine (C=N–C) groups is 1. The molecule has 0 bridgehead atoms. The Labute approximate surface area is 176 Å². The van der Waals surface area contributed by atoms with Gasteiger partial charge in [-0.2, -0.15) is 0 Å². The van der Waals surface area contributed by atoms with Crippen molar-refractivity contribution in [2.24, 2.45) is 4.99 Å². The van der Waals surface area contributed by atoms with Crippen LogP contribution in [0, 0.1) is 0 Å². The van der Waals surface area contributed by atoms with E-state index in [0.717, 1.165) is 6.42 Å². The fourth-order valence-electron chi connectivity index (χ4n) is 3.39. The second-order valence-corrected chi connectivity index (χ2v) is 6.84. The van der Waals surface area contributed by atoms with Gasteiger partial charge in [-0.15, -0.1) is 0 Å². The normalized spacial score (nSPS) is 17.5. The van der Waals surface area contributed by atoms with E-state index < -0.39 is 11.7 Å². The highest BCUT2D eigenvalue weighted by Gasteiger charge is 2.47. The van der Waals surface area contributed by atoms with Crippen molar-refractivity contribution in [1.29, 1.82) is 0 Å². The van der Waals surface area contributed by atoms with E-state index >= 15 is 0 Å². The van der Waals surface area contributed by atoms with E-state index in [1.807, 2.05) is 4.90 Å². The summed E-state index contributed by atoms with van der Waals surface area (Å²) in [5.41, 5.74) is -0.551. The largest absolute Gasteiger partial charge is 0.441 e. The van der Waals surface area contributed by atoms with Crippen LogP contribution in [0.3, 0.4) is 0 Å². The minimum atomic E-state index is -0.551. The summed E-state index contributed by atoms with van der Waals surface area (Å²) in [6.45, 7) is 3.80. The van der Waals surface area contributed by atoms with E-state index in [-0.39, 0.29) is 40.5 Å². The molecule has 2 heterocycles. The lowest BCUT2D eigenvalue weighted by Gasteiger charge is -2.37. The molecule has 29 heavy (non-hydrogen) atoms. The zero-order chi connectivity index (χ0) is 19.2. The maximum Gasteiger partial charge on any atom is 0.410 e. The number of carbonyl (C=O) groups excluding carboxylic acids is 3. The van der Waals surface area contributed by atoms with Gasteiger partial charge in [0.1, 0.15) is 11.4 Å². The molecule has 0 aromatic rings. The molecule has 2 fully saturated rings. The first-order valence-corrected chi connectivity index (χ1v) is 9.02. The van der Waals surface area contributed by atoms with Crippen LogP contribution >= 0.6 is 0 Å². The number of hydrogen-bond acceptors (Lipinski definition) is 5. The molecule has 0 aromatic heterocycles. The molecule has 2 saturated heterocycles. The molecule has 2 N–H and O–H groups in total. The van der Waals surface area contributed by atoms with Crippen LogP contribution in [0.1, 0.15) is 54.9 Å². The number of ether oxygens (including phenoxy) is 1. The van der Waals surface area contributed by atoms with Crippen LogP contribution in [0.5, 0.6) is 0 Å². The summed E-state index contributed by atoms with van der Waals surface area (Å²) in [6, 6.07) is 0. The molecule has 2 aliphatic heterocycles. The second-order valence-electron chi connectivity index (χ2n) is 6.84. The number of ketones is 1. The third-order valence-corrected chi connectivity index (χ3v) is 4.80. The Bertz CT molecular complexity index is 571. The molecule has 0 aliphatic carbocycles. The van der Waals surface area contributed by atoms with Gasteiger partial charge in [0.25, 0.3) is 0 Å². The number of piperidine rings is 1. The van der Waals surface area contributed by atoms with Gasteiger partial charge in [0.05, 0.1) is 13.1 Å². The van der Waals surface area contributed by atoms with Crippen LogP contribution in [0.4, 0.5) is 4.79 Å². The third kappa shape index (κ3) is 7.91. The monoisotopic (exact) mass is 415 g/mol. The van der Waals surface area contributed by atoms with Crippen molar-refractivity contribution < 1.29 is 19.1 Å². The quantitative estimate of drug-likeness (QED) is 0.390. The minimum absolute atomic E-state index is 0. The molecule has 0 atom stereocenters. The Morgan fingerprint density at radius 3 is 2.34 bits per heavy atom. The Kier molecular flexibility index (Phi) is 13.0. The van der Waals surface area contributed by atoms with E-state index in [9.17, 15) is 14.4 Å². The highest BCUT2D eigenvalue weighted by molar-refractivity contribution is 5.83. The predicted octanol–water partition coefficient (Wildman–Crippen LogP) is 1.87. The van der Waals surface area contributed by atoms with Crippen molar-refractivity contribution in [3.8, 4) is 0 Å². The van der Waals surface area contributed by atoms with Crippen LogP contribution in [-0.2, 0) is 14.3 Å². The number of carbonyl (C=O) groups is 3. The molecule has 2 aliphatic rings. The fourth-order valence-corrected chi connectivity index (χ4v) is 3.39. The number of nitrogens with zero attached hydrogens (tertiary/aromatic N) is 3. The van der Waals surface area contributed by atoms with Crippen molar-refractivity contribution in [3.63, 3.8) is 0 Å². The van der Waals surface area contributed by atoms with Gasteiger partial charge in [0.2, 0.25) is 5.91 Å². The Morgan fingerprint density at radius 2 is 1.83 bits per heavy atom. The topological polar surface area (TPSA) is 103 Å². The second kappa shape index (κ2) is 13.0. The van der Waals surface area contributed by atoms with Crippen molar-refractivity contribution >= 4 is 23.7 Å². The predicted molar refractivity (Wildman–Crippen MR) is 117 cm³/mol. The van der Waals surface area contributed by atoms with Crippen LogP contribution < -0.4 is 10.6 Å². The van der Waals surface area contributed by atoms with Crippen LogP contribution in [0.25, 0.3) is 0 Å². The summed E-state index contributed by atoms with van der Waals surface area (Å²) in [4.78, 5) is 42.8. The summed E-state index contributed by atoms with van der Waals surface area (Å²) in [7, 11) is 3.48. The molecule has 0 radical (unpaired) electrons. The Morgan fingerprint density at radius 1 is 1.21 bits per heavy atom. The van der Waals surface area contributed by atoms with Crippen molar-refractivity contribution in [2.45, 2.75) is 60.5 Å². The number of amides is 2. The lowest BCUT2D eigenvalue weighted by atomic mass is 9.91. The molecule has 0 saturated carbocycles. The third-order valence-electron chi connectivity index (χ3n) is 4.80. The molecule has 0 unspecified atom stereocenters. The summed E-state index contributed by atoms with van der Waals surface area (Å²) in [5, 5.41) is 6.05. The van der Waals surface area contributed by atoms with Crippen molar-refractivity contribution in [2.75, 3.05) is 46.8 Å². The first-order valence-electron chi connectivity index (χ1n) is 9.02. The molecular formula is C20H41N5O4. The van der Waals surface area contributed by atoms with Gasteiger partial charge in [-0.25, -0.2) is 4.79 Å². The maximum absolute atomic E-state index is 12.3. The first kappa shape index (κ1) is 28.9. The maximum atomic E-state index is 12.3. The summed E-state index contributed by atoms with van der Waals surface area (Å²) in [6.07, 6.45) is 2.00. The van der Waals surface area contributed by atoms with Gasteiger partial charge in [-0.3, -0.25) is 19.5 Å². The molecule has 0 aromatic carbocycles. The van der Waals surface area contributed by atoms with Gasteiger partial charge in [0.15, 0.2) is 5.96 Å². The zero-order valence-electron chi connectivity index (χ0n) is 15.8. The smallest absolute Gasteiger partial charge is 0.410 e. The number of nitrogens with one attached hydrogen (secondary N) is 2. The van der Waals surface area contributed by atoms with Gasteiger partial charge in [-0.1, -0.05) is 22.3 Å². The number of Topliss-reactive ketones (excluding diaryl/α,β-unsaturated/α-hetero) is 1. The highest BCUT2D eigenvalue weighted by Crippen LogP contribution is 2.33. The zero-order valence-corrected chi connectivity index (χ0v) is 15.8. The molecule has 170 valence electrons. The Balaban J connectivity index is 0. The van der Waals surface area contributed by atoms with E-state index in [2.05, 4.69) is 15.6 Å². The molecule has 2 rings (SSSR count). The van der Waals surface area contributed by atoms with Crippen molar-refractivity contribution in [3.05, 3.63) is 0 Å². The highest BCUT2D eigenvalue weighted by atomic mass is 16.6. The van der Waals surface area contributed by atoms with E-state index in [1.54, 1.807) is 14.1 Å². The van der Waals surface area contributed by atoms with Crippen LogP contribution in [0.15, 0.2) is 4.99 Å². The standard InChI is InChI=1S/C17H29N5O4.3CH4/c1-13(23)11-22-12-17(26-16(22)25)6-9-21(10-7-17)14(24)5-4-8-20-15(18-2)19-3;;;/h4-12H2,1-3H3,(H2,18,19,20);3*1H4. The average molecular weight is 416 g/mol. The van der Waals surface area contributed by atoms with Gasteiger partial charge >= 0.3 is 6.09 Å². The number of rotatable bonds is 6. The van der Waals surface area contributed by atoms with Crippen LogP contribution in [-0.4, -0.2) is 86.0 Å². The SMILES string of the molecule is C.C.C.CN=C(NC)NCCCC(=O)N1CCC2(CC1)CN(CC(C)=O)C(=O)O2. The van der Waals surface area contributed by atoms with Crippen LogP contribution in [0.2, 0.25) is 0 Å². The summed E-state index contributed by atoms with van der Waals surface area (Å²) < 4.78 is 5.55. The molecule has 1 spiro atoms. The molecular weight excluding hydrogens is 374 g/mol.